The van der Waals surface area contributed by atoms with E-state index in [2.05, 4.69) is 47.0 Å². The molecule has 4 heteroatoms. The van der Waals surface area contributed by atoms with Gasteiger partial charge < -0.3 is 10.3 Å². The highest BCUT2D eigenvalue weighted by molar-refractivity contribution is 7.10. The van der Waals surface area contributed by atoms with Crippen molar-refractivity contribution in [1.29, 1.82) is 0 Å². The quantitative estimate of drug-likeness (QED) is 0.793. The first-order valence-corrected chi connectivity index (χ1v) is 7.81. The van der Waals surface area contributed by atoms with Crippen LogP contribution in [0.2, 0.25) is 0 Å². The third kappa shape index (κ3) is 2.15. The van der Waals surface area contributed by atoms with Crippen molar-refractivity contribution in [2.24, 2.45) is 5.73 Å². The second-order valence-electron chi connectivity index (χ2n) is 5.13. The molecule has 0 bridgehead atoms. The molecule has 0 saturated heterocycles. The van der Waals surface area contributed by atoms with E-state index in [-0.39, 0.29) is 12.1 Å². The number of rotatable bonds is 4. The minimum Gasteiger partial charge on any atom is -0.326 e. The van der Waals surface area contributed by atoms with Gasteiger partial charge in [-0.05, 0) is 42.5 Å². The summed E-state index contributed by atoms with van der Waals surface area (Å²) < 4.78 is 2.22. The van der Waals surface area contributed by atoms with E-state index in [1.165, 1.54) is 10.4 Å². The normalized spacial score (nSPS) is 14.6. The zero-order chi connectivity index (χ0) is 14.1. The van der Waals surface area contributed by atoms with E-state index in [0.29, 0.717) is 0 Å². The van der Waals surface area contributed by atoms with Gasteiger partial charge >= 0.3 is 0 Å². The summed E-state index contributed by atoms with van der Waals surface area (Å²) in [6.07, 6.45) is 2.86. The highest BCUT2D eigenvalue weighted by atomic mass is 32.1. The molecule has 2 atom stereocenters. The van der Waals surface area contributed by atoms with E-state index >= 15 is 0 Å². The van der Waals surface area contributed by atoms with Gasteiger partial charge in [-0.3, -0.25) is 0 Å². The van der Waals surface area contributed by atoms with Crippen LogP contribution >= 0.6 is 11.3 Å². The lowest BCUT2D eigenvalue weighted by atomic mass is 10.0. The van der Waals surface area contributed by atoms with Crippen LogP contribution < -0.4 is 5.73 Å². The largest absolute Gasteiger partial charge is 0.326 e. The van der Waals surface area contributed by atoms with Gasteiger partial charge in [0.15, 0.2) is 0 Å². The van der Waals surface area contributed by atoms with E-state index < -0.39 is 0 Å². The summed E-state index contributed by atoms with van der Waals surface area (Å²) in [5.41, 5.74) is 9.90. The van der Waals surface area contributed by atoms with Gasteiger partial charge in [0, 0.05) is 10.9 Å². The Labute approximate surface area is 123 Å². The molecule has 104 valence electrons. The fourth-order valence-corrected chi connectivity index (χ4v) is 3.74. The topological polar surface area (TPSA) is 43.8 Å². The van der Waals surface area contributed by atoms with E-state index in [0.717, 1.165) is 17.5 Å². The van der Waals surface area contributed by atoms with Crippen LogP contribution in [-0.2, 0) is 0 Å². The summed E-state index contributed by atoms with van der Waals surface area (Å²) in [5, 5.41) is 2.14. The Hall–Kier alpha value is -1.65. The molecule has 0 aliphatic carbocycles. The number of para-hydroxylation sites is 2. The molecule has 1 aromatic carbocycles. The zero-order valence-corrected chi connectivity index (χ0v) is 12.6. The van der Waals surface area contributed by atoms with Crippen molar-refractivity contribution >= 4 is 22.4 Å². The molecule has 2 unspecified atom stereocenters. The lowest BCUT2D eigenvalue weighted by Gasteiger charge is -2.25. The number of imidazole rings is 1. The average molecular weight is 285 g/mol. The molecule has 0 spiro atoms. The van der Waals surface area contributed by atoms with Gasteiger partial charge in [-0.2, -0.15) is 0 Å². The van der Waals surface area contributed by atoms with Crippen LogP contribution in [0.4, 0.5) is 0 Å². The Kier molecular flexibility index (Phi) is 3.59. The predicted molar refractivity (Wildman–Crippen MR) is 85.2 cm³/mol. The monoisotopic (exact) mass is 285 g/mol. The smallest absolute Gasteiger partial charge is 0.0964 e. The van der Waals surface area contributed by atoms with Gasteiger partial charge in [-0.1, -0.05) is 19.1 Å². The number of nitrogens with zero attached hydrogens (tertiary/aromatic N) is 2. The summed E-state index contributed by atoms with van der Waals surface area (Å²) in [6, 6.07) is 10.6. The molecular weight excluding hydrogens is 266 g/mol. The fraction of sp³-hybridized carbons (Fsp3) is 0.312. The third-order valence-corrected chi connectivity index (χ3v) is 4.92. The number of thiophene rings is 1. The van der Waals surface area contributed by atoms with Crippen LogP contribution in [-0.4, -0.2) is 15.6 Å². The Morgan fingerprint density at radius 2 is 2.10 bits per heavy atom. The van der Waals surface area contributed by atoms with Crippen LogP contribution in [0.1, 0.15) is 29.8 Å². The van der Waals surface area contributed by atoms with Gasteiger partial charge in [0.1, 0.15) is 0 Å². The van der Waals surface area contributed by atoms with Gasteiger partial charge in [0.2, 0.25) is 0 Å². The molecule has 2 N–H and O–H groups in total. The van der Waals surface area contributed by atoms with Crippen molar-refractivity contribution in [3.05, 3.63) is 52.5 Å². The van der Waals surface area contributed by atoms with E-state index in [4.69, 9.17) is 5.73 Å². The predicted octanol–water partition coefficient (Wildman–Crippen LogP) is 3.73. The SMILES string of the molecule is CCC(N)C(c1sccc1C)n1cnc2ccccc21. The van der Waals surface area contributed by atoms with E-state index in [1.54, 1.807) is 11.3 Å². The molecular formula is C16H19N3S. The Balaban J connectivity index is 2.17. The summed E-state index contributed by atoms with van der Waals surface area (Å²) in [7, 11) is 0. The molecule has 0 radical (unpaired) electrons. The van der Waals surface area contributed by atoms with Crippen molar-refractivity contribution in [1.82, 2.24) is 9.55 Å². The number of fused-ring (bicyclic) bond motifs is 1. The van der Waals surface area contributed by atoms with Gasteiger partial charge in [0.05, 0.1) is 23.4 Å². The average Bonchev–Trinajstić information content (AvgIpc) is 3.07. The summed E-state index contributed by atoms with van der Waals surface area (Å²) in [6.45, 7) is 4.29. The minimum absolute atomic E-state index is 0.0879. The van der Waals surface area contributed by atoms with E-state index in [9.17, 15) is 0 Å². The maximum absolute atomic E-state index is 6.42. The van der Waals surface area contributed by atoms with Crippen molar-refractivity contribution in [3.63, 3.8) is 0 Å². The van der Waals surface area contributed by atoms with Crippen molar-refractivity contribution in [3.8, 4) is 0 Å². The summed E-state index contributed by atoms with van der Waals surface area (Å²) in [5.74, 6) is 0. The molecule has 3 rings (SSSR count). The van der Waals surface area contributed by atoms with Crippen molar-refractivity contribution in [2.45, 2.75) is 32.4 Å². The maximum Gasteiger partial charge on any atom is 0.0964 e. The standard InChI is InChI=1S/C16H19N3S/c1-3-12(17)15(16-11(2)8-9-20-16)19-10-18-13-6-4-5-7-14(13)19/h4-10,12,15H,3,17H2,1-2H3. The van der Waals surface area contributed by atoms with Gasteiger partial charge in [0.25, 0.3) is 0 Å². The van der Waals surface area contributed by atoms with Crippen molar-refractivity contribution < 1.29 is 0 Å². The highest BCUT2D eigenvalue weighted by Gasteiger charge is 2.24. The Morgan fingerprint density at radius 1 is 1.30 bits per heavy atom. The molecule has 0 aliphatic heterocycles. The number of aryl methyl sites for hydroxylation is 1. The second-order valence-corrected chi connectivity index (χ2v) is 6.07. The lowest BCUT2D eigenvalue weighted by molar-refractivity contribution is 0.472. The van der Waals surface area contributed by atoms with Crippen molar-refractivity contribution in [2.75, 3.05) is 0 Å². The molecule has 3 nitrogen and oxygen atoms in total. The molecule has 0 aliphatic rings. The number of nitrogens with two attached hydrogens (primary N) is 1. The molecule has 2 aromatic heterocycles. The van der Waals surface area contributed by atoms with Gasteiger partial charge in [-0.15, -0.1) is 11.3 Å². The maximum atomic E-state index is 6.42. The van der Waals surface area contributed by atoms with Crippen LogP contribution in [0.5, 0.6) is 0 Å². The second kappa shape index (κ2) is 5.38. The first-order valence-electron chi connectivity index (χ1n) is 6.93. The first kappa shape index (κ1) is 13.3. The zero-order valence-electron chi connectivity index (χ0n) is 11.8. The first-order chi connectivity index (χ1) is 9.72. The molecule has 0 amide bonds. The molecule has 2 heterocycles. The Morgan fingerprint density at radius 3 is 2.80 bits per heavy atom. The number of benzene rings is 1. The van der Waals surface area contributed by atoms with Crippen LogP contribution in [0.3, 0.4) is 0 Å². The third-order valence-electron chi connectivity index (χ3n) is 3.83. The number of hydrogen-bond donors (Lipinski definition) is 1. The number of hydrogen-bond acceptors (Lipinski definition) is 3. The molecule has 0 fully saturated rings. The summed E-state index contributed by atoms with van der Waals surface area (Å²) in [4.78, 5) is 5.84. The molecule has 3 aromatic rings. The lowest BCUT2D eigenvalue weighted by Crippen LogP contribution is -2.32. The minimum atomic E-state index is 0.0879. The van der Waals surface area contributed by atoms with E-state index in [1.807, 2.05) is 18.5 Å². The van der Waals surface area contributed by atoms with Gasteiger partial charge in [-0.25, -0.2) is 4.98 Å². The van der Waals surface area contributed by atoms with Crippen LogP contribution in [0, 0.1) is 6.92 Å². The molecule has 0 saturated carbocycles. The summed E-state index contributed by atoms with van der Waals surface area (Å²) >= 11 is 1.78. The number of aromatic nitrogens is 2. The fourth-order valence-electron chi connectivity index (χ4n) is 2.64. The highest BCUT2D eigenvalue weighted by Crippen LogP contribution is 2.32. The van der Waals surface area contributed by atoms with Crippen LogP contribution in [0.25, 0.3) is 11.0 Å². The molecule has 20 heavy (non-hydrogen) atoms. The Bertz CT molecular complexity index is 713. The van der Waals surface area contributed by atoms with Crippen LogP contribution in [0.15, 0.2) is 42.0 Å².